The van der Waals surface area contributed by atoms with E-state index in [2.05, 4.69) is 37.3 Å². The lowest BCUT2D eigenvalue weighted by molar-refractivity contribution is -0.0793. The second-order valence-corrected chi connectivity index (χ2v) is 8.59. The second-order valence-electron chi connectivity index (χ2n) is 8.59. The monoisotopic (exact) mass is 435 g/mol. The molecule has 0 aromatic heterocycles. The van der Waals surface area contributed by atoms with Crippen LogP contribution in [0.1, 0.15) is 55.2 Å². The first kappa shape index (κ1) is 22.3. The molecule has 4 nitrogen and oxygen atoms in total. The quantitative estimate of drug-likeness (QED) is 0.448. The van der Waals surface area contributed by atoms with Gasteiger partial charge in [-0.15, -0.1) is 0 Å². The number of carbonyl (C=O) groups is 1. The lowest BCUT2D eigenvalue weighted by Gasteiger charge is -2.37. The maximum absolute atomic E-state index is 13.3. The number of piperidine rings is 1. The van der Waals surface area contributed by atoms with E-state index in [0.29, 0.717) is 26.0 Å². The number of rotatable bonds is 7. The summed E-state index contributed by atoms with van der Waals surface area (Å²) in [4.78, 5) is 13.2. The van der Waals surface area contributed by atoms with Crippen LogP contribution in [0.2, 0.25) is 0 Å². The third-order valence-electron chi connectivity index (χ3n) is 6.39. The van der Waals surface area contributed by atoms with E-state index in [0.717, 1.165) is 30.4 Å². The van der Waals surface area contributed by atoms with Gasteiger partial charge in [0.25, 0.3) is 0 Å². The highest BCUT2D eigenvalue weighted by Gasteiger charge is 2.33. The molecule has 3 aromatic carbocycles. The minimum atomic E-state index is -0.963. The number of hydrogen-bond donors (Lipinski definition) is 1. The molecule has 5 heteroatoms. The molecule has 0 bridgehead atoms. The van der Waals surface area contributed by atoms with Crippen LogP contribution in [-0.4, -0.2) is 28.9 Å². The number of fused-ring (bicyclic) bond motifs is 1. The molecule has 0 spiro atoms. The molecule has 1 fully saturated rings. The molecule has 0 aliphatic carbocycles. The van der Waals surface area contributed by atoms with E-state index in [1.165, 1.54) is 33.4 Å². The van der Waals surface area contributed by atoms with Crippen molar-refractivity contribution in [1.29, 1.82) is 0 Å². The van der Waals surface area contributed by atoms with Gasteiger partial charge < -0.3 is 9.84 Å². The Morgan fingerprint density at radius 2 is 1.94 bits per heavy atom. The Labute approximate surface area is 188 Å². The lowest BCUT2D eigenvalue weighted by Crippen LogP contribution is -2.46. The Bertz CT molecular complexity index is 1070. The number of amides is 1. The van der Waals surface area contributed by atoms with Gasteiger partial charge in [0.1, 0.15) is 12.0 Å². The summed E-state index contributed by atoms with van der Waals surface area (Å²) in [5.41, 5.74) is 3.40. The molecule has 0 radical (unpaired) electrons. The van der Waals surface area contributed by atoms with E-state index in [4.69, 9.17) is 4.74 Å². The Hall–Kier alpha value is -2.92. The average molecular weight is 436 g/mol. The molecule has 0 saturated carbocycles. The highest BCUT2D eigenvalue weighted by Crippen LogP contribution is 2.33. The number of nitrogens with zero attached hydrogens (tertiary/aromatic N) is 1. The van der Waals surface area contributed by atoms with E-state index in [1.807, 2.05) is 6.07 Å². The van der Waals surface area contributed by atoms with Crippen LogP contribution in [0.25, 0.3) is 10.8 Å². The summed E-state index contributed by atoms with van der Waals surface area (Å²) in [5, 5.41) is 12.1. The van der Waals surface area contributed by atoms with Crippen molar-refractivity contribution < 1.29 is 19.0 Å². The number of hydrogen-bond acceptors (Lipinski definition) is 2. The molecular weight excluding hydrogens is 405 g/mol. The predicted molar refractivity (Wildman–Crippen MR) is 124 cm³/mol. The molecule has 1 N–H and O–H groups in total. The zero-order chi connectivity index (χ0) is 22.5. The Kier molecular flexibility index (Phi) is 7.05. The van der Waals surface area contributed by atoms with Crippen molar-refractivity contribution in [3.8, 4) is 0 Å². The number of benzene rings is 3. The molecule has 3 aromatic rings. The van der Waals surface area contributed by atoms with Crippen molar-refractivity contribution in [2.45, 2.75) is 57.8 Å². The van der Waals surface area contributed by atoms with Crippen LogP contribution in [0, 0.1) is 5.82 Å². The summed E-state index contributed by atoms with van der Waals surface area (Å²) in [6, 6.07) is 19.2. The van der Waals surface area contributed by atoms with Gasteiger partial charge in [-0.05, 0) is 77.3 Å². The van der Waals surface area contributed by atoms with Crippen molar-refractivity contribution in [3.05, 3.63) is 83.2 Å². The Balaban J connectivity index is 1.52. The van der Waals surface area contributed by atoms with Gasteiger partial charge >= 0.3 is 6.09 Å². The average Bonchev–Trinajstić information content (AvgIpc) is 2.81. The molecule has 1 aliphatic heterocycles. The summed E-state index contributed by atoms with van der Waals surface area (Å²) in [7, 11) is 0. The van der Waals surface area contributed by atoms with Gasteiger partial charge in [0, 0.05) is 6.54 Å². The van der Waals surface area contributed by atoms with Crippen LogP contribution in [0.15, 0.2) is 60.7 Å². The van der Waals surface area contributed by atoms with Crippen molar-refractivity contribution in [2.24, 2.45) is 0 Å². The zero-order valence-electron chi connectivity index (χ0n) is 18.5. The predicted octanol–water partition coefficient (Wildman–Crippen LogP) is 6.72. The maximum Gasteiger partial charge on any atom is 0.409 e. The van der Waals surface area contributed by atoms with Gasteiger partial charge in [-0.1, -0.05) is 55.8 Å². The molecule has 1 amide bonds. The highest BCUT2D eigenvalue weighted by atomic mass is 19.1. The van der Waals surface area contributed by atoms with Gasteiger partial charge in [0.2, 0.25) is 0 Å². The van der Waals surface area contributed by atoms with Crippen molar-refractivity contribution >= 4 is 16.9 Å². The third kappa shape index (κ3) is 5.10. The number of carboxylic acid groups (broad SMARTS) is 1. The molecule has 1 heterocycles. The Morgan fingerprint density at radius 3 is 2.69 bits per heavy atom. The Morgan fingerprint density at radius 1 is 1.16 bits per heavy atom. The number of halogens is 1. The zero-order valence-corrected chi connectivity index (χ0v) is 18.5. The first-order chi connectivity index (χ1) is 15.5. The number of likely N-dealkylation sites (tertiary alicyclic amines) is 1. The SMILES string of the molecule is CCCCc1cc(COC2CC(c3ccc(F)cc3)CCN2C(=O)O)cc2ccccc12. The normalized spacial score (nSPS) is 18.8. The lowest BCUT2D eigenvalue weighted by atomic mass is 9.88. The topological polar surface area (TPSA) is 49.8 Å². The van der Waals surface area contributed by atoms with Crippen LogP contribution in [0.3, 0.4) is 0 Å². The van der Waals surface area contributed by atoms with Gasteiger partial charge in [0.05, 0.1) is 6.61 Å². The van der Waals surface area contributed by atoms with Crippen molar-refractivity contribution in [3.63, 3.8) is 0 Å². The van der Waals surface area contributed by atoms with Crippen LogP contribution in [0.5, 0.6) is 0 Å². The standard InChI is InChI=1S/C27H30FNO3/c1-2-3-6-22-15-19(16-23-7-4-5-8-25(22)23)18-32-26-17-21(13-14-29(26)27(30)31)20-9-11-24(28)12-10-20/h4-5,7-12,15-16,21,26H,2-3,6,13-14,17-18H2,1H3,(H,30,31). The first-order valence-corrected chi connectivity index (χ1v) is 11.4. The molecule has 4 rings (SSSR count). The van der Waals surface area contributed by atoms with E-state index < -0.39 is 12.3 Å². The fourth-order valence-corrected chi connectivity index (χ4v) is 4.65. The van der Waals surface area contributed by atoms with Crippen LogP contribution in [0.4, 0.5) is 9.18 Å². The van der Waals surface area contributed by atoms with E-state index in [1.54, 1.807) is 12.1 Å². The molecule has 168 valence electrons. The molecule has 1 aliphatic rings. The number of aryl methyl sites for hydroxylation is 1. The van der Waals surface area contributed by atoms with Gasteiger partial charge in [-0.2, -0.15) is 0 Å². The molecule has 2 atom stereocenters. The first-order valence-electron chi connectivity index (χ1n) is 11.4. The molecule has 2 unspecified atom stereocenters. The van der Waals surface area contributed by atoms with Crippen LogP contribution >= 0.6 is 0 Å². The minimum absolute atomic E-state index is 0.146. The maximum atomic E-state index is 13.3. The fourth-order valence-electron chi connectivity index (χ4n) is 4.65. The highest BCUT2D eigenvalue weighted by molar-refractivity contribution is 5.86. The fraction of sp³-hybridized carbons (Fsp3) is 0.370. The number of unbranched alkanes of at least 4 members (excludes halogenated alkanes) is 1. The van der Waals surface area contributed by atoms with Crippen LogP contribution < -0.4 is 0 Å². The van der Waals surface area contributed by atoms with E-state index in [-0.39, 0.29) is 11.7 Å². The number of ether oxygens (including phenoxy) is 1. The van der Waals surface area contributed by atoms with E-state index in [9.17, 15) is 14.3 Å². The van der Waals surface area contributed by atoms with Crippen LogP contribution in [-0.2, 0) is 17.8 Å². The van der Waals surface area contributed by atoms with E-state index >= 15 is 0 Å². The summed E-state index contributed by atoms with van der Waals surface area (Å²) < 4.78 is 19.5. The molecule has 1 saturated heterocycles. The third-order valence-corrected chi connectivity index (χ3v) is 6.39. The molecule has 32 heavy (non-hydrogen) atoms. The van der Waals surface area contributed by atoms with Gasteiger partial charge in [0.15, 0.2) is 0 Å². The van der Waals surface area contributed by atoms with Crippen molar-refractivity contribution in [2.75, 3.05) is 6.54 Å². The summed E-state index contributed by atoms with van der Waals surface area (Å²) >= 11 is 0. The summed E-state index contributed by atoms with van der Waals surface area (Å²) in [5.74, 6) is -0.118. The minimum Gasteiger partial charge on any atom is -0.465 e. The smallest absolute Gasteiger partial charge is 0.409 e. The molecular formula is C27H30FNO3. The van der Waals surface area contributed by atoms with Crippen molar-refractivity contribution in [1.82, 2.24) is 4.90 Å². The second kappa shape index (κ2) is 10.1. The van der Waals surface area contributed by atoms with Gasteiger partial charge in [-0.3, -0.25) is 4.90 Å². The summed E-state index contributed by atoms with van der Waals surface area (Å²) in [6.45, 7) is 2.95. The largest absolute Gasteiger partial charge is 0.465 e. The summed E-state index contributed by atoms with van der Waals surface area (Å²) in [6.07, 6.45) is 3.06. The van der Waals surface area contributed by atoms with Gasteiger partial charge in [-0.25, -0.2) is 9.18 Å².